The van der Waals surface area contributed by atoms with Gasteiger partial charge in [0.15, 0.2) is 0 Å². The predicted octanol–water partition coefficient (Wildman–Crippen LogP) is 2.98. The molecule has 6 heteroatoms. The van der Waals surface area contributed by atoms with Crippen molar-refractivity contribution in [1.29, 1.82) is 0 Å². The van der Waals surface area contributed by atoms with E-state index in [1.165, 1.54) is 6.42 Å². The molecule has 1 aromatic rings. The van der Waals surface area contributed by atoms with E-state index >= 15 is 0 Å². The van der Waals surface area contributed by atoms with Crippen molar-refractivity contribution in [2.45, 2.75) is 55.2 Å². The number of amides is 1. The van der Waals surface area contributed by atoms with Gasteiger partial charge in [0.05, 0.1) is 15.7 Å². The number of benzene rings is 1. The molecule has 0 aliphatic heterocycles. The average Bonchev–Trinajstić information content (AvgIpc) is 2.47. The number of hydrogen-bond donors (Lipinski definition) is 2. The van der Waals surface area contributed by atoms with Gasteiger partial charge >= 0.3 is 0 Å². The number of halogens is 1. The van der Waals surface area contributed by atoms with E-state index in [0.717, 1.165) is 30.2 Å². The highest BCUT2D eigenvalue weighted by molar-refractivity contribution is 9.10. The zero-order valence-electron chi connectivity index (χ0n) is 12.1. The van der Waals surface area contributed by atoms with Gasteiger partial charge < -0.3 is 11.1 Å². The molecule has 3 N–H and O–H groups in total. The number of carbonyl (C=O) groups is 1. The summed E-state index contributed by atoms with van der Waals surface area (Å²) in [6.45, 7) is 1.69. The molecule has 0 saturated heterocycles. The minimum absolute atomic E-state index is 0.150. The van der Waals surface area contributed by atoms with E-state index in [9.17, 15) is 9.00 Å². The SMILES string of the molecule is CC(C(=O)NC1CCCCC1)S(=O)c1ccc(Br)cc1N. The lowest BCUT2D eigenvalue weighted by atomic mass is 9.95. The summed E-state index contributed by atoms with van der Waals surface area (Å²) in [5.41, 5.74) is 6.33. The molecule has 21 heavy (non-hydrogen) atoms. The molecule has 1 aliphatic rings. The van der Waals surface area contributed by atoms with Crippen LogP contribution in [0.1, 0.15) is 39.0 Å². The molecule has 2 atom stereocenters. The fourth-order valence-electron chi connectivity index (χ4n) is 2.56. The molecule has 2 rings (SSSR count). The normalized spacial score (nSPS) is 19.0. The molecular formula is C15H21BrN2O2S. The first-order chi connectivity index (χ1) is 9.99. The number of hydrogen-bond acceptors (Lipinski definition) is 3. The first-order valence-corrected chi connectivity index (χ1v) is 9.25. The third-order valence-corrected chi connectivity index (χ3v) is 5.99. The minimum atomic E-state index is -1.44. The summed E-state index contributed by atoms with van der Waals surface area (Å²) in [5.74, 6) is -0.150. The monoisotopic (exact) mass is 372 g/mol. The zero-order valence-corrected chi connectivity index (χ0v) is 14.5. The summed E-state index contributed by atoms with van der Waals surface area (Å²) in [6, 6.07) is 5.43. The van der Waals surface area contributed by atoms with Crippen LogP contribution in [0.4, 0.5) is 5.69 Å². The quantitative estimate of drug-likeness (QED) is 0.797. The van der Waals surface area contributed by atoms with Crippen molar-refractivity contribution in [3.8, 4) is 0 Å². The largest absolute Gasteiger partial charge is 0.398 e. The van der Waals surface area contributed by atoms with E-state index < -0.39 is 16.0 Å². The van der Waals surface area contributed by atoms with E-state index in [-0.39, 0.29) is 11.9 Å². The van der Waals surface area contributed by atoms with Crippen LogP contribution in [0.3, 0.4) is 0 Å². The maximum Gasteiger partial charge on any atom is 0.236 e. The van der Waals surface area contributed by atoms with E-state index in [0.29, 0.717) is 10.6 Å². The summed E-state index contributed by atoms with van der Waals surface area (Å²) in [4.78, 5) is 12.8. The van der Waals surface area contributed by atoms with Crippen molar-refractivity contribution >= 4 is 38.3 Å². The Morgan fingerprint density at radius 1 is 1.38 bits per heavy atom. The van der Waals surface area contributed by atoms with Crippen molar-refractivity contribution in [2.75, 3.05) is 5.73 Å². The van der Waals surface area contributed by atoms with Gasteiger partial charge in [-0.15, -0.1) is 0 Å². The number of rotatable bonds is 4. The molecule has 1 aliphatic carbocycles. The fourth-order valence-corrected chi connectivity index (χ4v) is 4.07. The van der Waals surface area contributed by atoms with Crippen LogP contribution in [0.25, 0.3) is 0 Å². The summed E-state index contributed by atoms with van der Waals surface area (Å²) in [7, 11) is -1.44. The van der Waals surface area contributed by atoms with Gasteiger partial charge in [0.1, 0.15) is 5.25 Å². The lowest BCUT2D eigenvalue weighted by Gasteiger charge is -2.24. The Morgan fingerprint density at radius 2 is 2.05 bits per heavy atom. The molecule has 1 amide bonds. The van der Waals surface area contributed by atoms with Crippen LogP contribution in [0.15, 0.2) is 27.6 Å². The molecule has 0 aromatic heterocycles. The number of nitrogens with one attached hydrogen (secondary N) is 1. The van der Waals surface area contributed by atoms with Crippen LogP contribution in [0.5, 0.6) is 0 Å². The molecule has 1 saturated carbocycles. The maximum absolute atomic E-state index is 12.5. The molecule has 1 aromatic carbocycles. The Labute approximate surface area is 136 Å². The van der Waals surface area contributed by atoms with Crippen LogP contribution in [0, 0.1) is 0 Å². The van der Waals surface area contributed by atoms with Crippen LogP contribution in [-0.2, 0) is 15.6 Å². The third-order valence-electron chi connectivity index (χ3n) is 3.83. The van der Waals surface area contributed by atoms with Gasteiger partial charge in [-0.05, 0) is 38.0 Å². The number of anilines is 1. The van der Waals surface area contributed by atoms with E-state index in [1.807, 2.05) is 0 Å². The molecule has 116 valence electrons. The summed E-state index contributed by atoms with van der Waals surface area (Å²) in [6.07, 6.45) is 5.59. The van der Waals surface area contributed by atoms with Crippen LogP contribution >= 0.6 is 15.9 Å². The van der Waals surface area contributed by atoms with Gasteiger partial charge in [0.25, 0.3) is 0 Å². The smallest absolute Gasteiger partial charge is 0.236 e. The highest BCUT2D eigenvalue weighted by Crippen LogP contribution is 2.24. The first kappa shape index (κ1) is 16.5. The van der Waals surface area contributed by atoms with Crippen LogP contribution in [0.2, 0.25) is 0 Å². The van der Waals surface area contributed by atoms with Gasteiger partial charge in [-0.1, -0.05) is 35.2 Å². The number of nitrogen functional groups attached to an aromatic ring is 1. The molecular weight excluding hydrogens is 352 g/mol. The topological polar surface area (TPSA) is 72.2 Å². The van der Waals surface area contributed by atoms with Gasteiger partial charge in [-0.25, -0.2) is 0 Å². The minimum Gasteiger partial charge on any atom is -0.398 e. The van der Waals surface area contributed by atoms with E-state index in [4.69, 9.17) is 5.73 Å². The third kappa shape index (κ3) is 4.30. The predicted molar refractivity (Wildman–Crippen MR) is 89.4 cm³/mol. The number of carbonyl (C=O) groups excluding carboxylic acids is 1. The molecule has 2 unspecified atom stereocenters. The summed E-state index contributed by atoms with van der Waals surface area (Å²) >= 11 is 3.32. The summed E-state index contributed by atoms with van der Waals surface area (Å²) < 4.78 is 13.3. The second kappa shape index (κ2) is 7.40. The molecule has 0 heterocycles. The van der Waals surface area contributed by atoms with Crippen molar-refractivity contribution in [2.24, 2.45) is 0 Å². The molecule has 0 bridgehead atoms. The Morgan fingerprint density at radius 3 is 2.67 bits per heavy atom. The van der Waals surface area contributed by atoms with Crippen molar-refractivity contribution in [1.82, 2.24) is 5.32 Å². The Balaban J connectivity index is 2.02. The Hall–Kier alpha value is -0.880. The van der Waals surface area contributed by atoms with E-state index in [1.54, 1.807) is 25.1 Å². The van der Waals surface area contributed by atoms with Crippen molar-refractivity contribution < 1.29 is 9.00 Å². The molecule has 4 nitrogen and oxygen atoms in total. The molecule has 1 fully saturated rings. The second-order valence-corrected chi connectivity index (χ2v) is 8.12. The van der Waals surface area contributed by atoms with Gasteiger partial charge in [-0.2, -0.15) is 0 Å². The highest BCUT2D eigenvalue weighted by Gasteiger charge is 2.25. The lowest BCUT2D eigenvalue weighted by Crippen LogP contribution is -2.42. The highest BCUT2D eigenvalue weighted by atomic mass is 79.9. The van der Waals surface area contributed by atoms with Gasteiger partial charge in [0.2, 0.25) is 5.91 Å². The standard InChI is InChI=1S/C15H21BrN2O2S/c1-10(15(19)18-12-5-3-2-4-6-12)21(20)14-8-7-11(16)9-13(14)17/h7-10,12H,2-6,17H2,1H3,(H,18,19). The van der Waals surface area contributed by atoms with Gasteiger partial charge in [0, 0.05) is 16.2 Å². The first-order valence-electron chi connectivity index (χ1n) is 7.25. The van der Waals surface area contributed by atoms with Crippen LogP contribution in [-0.4, -0.2) is 21.4 Å². The van der Waals surface area contributed by atoms with Crippen molar-refractivity contribution in [3.05, 3.63) is 22.7 Å². The average molecular weight is 373 g/mol. The zero-order chi connectivity index (χ0) is 15.4. The summed E-state index contributed by atoms with van der Waals surface area (Å²) in [5, 5.41) is 2.42. The maximum atomic E-state index is 12.5. The second-order valence-electron chi connectivity index (χ2n) is 5.47. The lowest BCUT2D eigenvalue weighted by molar-refractivity contribution is -0.121. The molecule has 0 spiro atoms. The molecule has 0 radical (unpaired) electrons. The Bertz CT molecular complexity index is 544. The van der Waals surface area contributed by atoms with Gasteiger partial charge in [-0.3, -0.25) is 9.00 Å². The Kier molecular flexibility index (Phi) is 5.81. The van der Waals surface area contributed by atoms with Crippen LogP contribution < -0.4 is 11.1 Å². The number of nitrogens with two attached hydrogens (primary N) is 1. The van der Waals surface area contributed by atoms with Crippen molar-refractivity contribution in [3.63, 3.8) is 0 Å². The fraction of sp³-hybridized carbons (Fsp3) is 0.533. The van der Waals surface area contributed by atoms with E-state index in [2.05, 4.69) is 21.2 Å².